The van der Waals surface area contributed by atoms with Gasteiger partial charge in [-0.2, -0.15) is 4.31 Å². The van der Waals surface area contributed by atoms with Crippen LogP contribution in [0.1, 0.15) is 40.5 Å². The van der Waals surface area contributed by atoms with E-state index < -0.39 is 21.3 Å². The molecule has 1 amide bonds. The van der Waals surface area contributed by atoms with Gasteiger partial charge in [0, 0.05) is 41.0 Å². The average molecular weight is 530 g/mol. The molecule has 13 heteroatoms. The molecule has 1 saturated heterocycles. The van der Waals surface area contributed by atoms with Crippen molar-refractivity contribution in [3.8, 4) is 0 Å². The number of hydrogen-bond donors (Lipinski definition) is 2. The van der Waals surface area contributed by atoms with Gasteiger partial charge in [-0.1, -0.05) is 35.5 Å². The Morgan fingerprint density at radius 1 is 1.11 bits per heavy atom. The normalized spacial score (nSPS) is 16.1. The molecule has 3 aromatic rings. The molecule has 2 N–H and O–H groups in total. The van der Waals surface area contributed by atoms with Crippen molar-refractivity contribution in [1.29, 1.82) is 0 Å². The number of carbonyl (C=O) groups excluding carboxylic acids is 1. The summed E-state index contributed by atoms with van der Waals surface area (Å²) in [4.78, 5) is 12.4. The van der Waals surface area contributed by atoms with E-state index in [9.17, 15) is 22.0 Å². The fraction of sp³-hybridized carbons (Fsp3) is 0.261. The third-order valence-electron chi connectivity index (χ3n) is 5.73. The fourth-order valence-electron chi connectivity index (χ4n) is 3.81. The molecular weight excluding hydrogens is 504 g/mol. The molecule has 1 unspecified atom stereocenters. The molecule has 190 valence electrons. The number of benzene rings is 2. The van der Waals surface area contributed by atoms with Crippen LogP contribution in [0.25, 0.3) is 6.08 Å². The SMILES string of the molecule is O=C(NCc1cn(C2CCN(S(=O)(=O)C=Cc3ccccc3)CC2)nn1)c1ccc(NS(=O)[O-])cc1. The zero-order valence-electron chi connectivity index (χ0n) is 19.2. The van der Waals surface area contributed by atoms with E-state index in [4.69, 9.17) is 0 Å². The van der Waals surface area contributed by atoms with Crippen molar-refractivity contribution in [2.45, 2.75) is 25.4 Å². The summed E-state index contributed by atoms with van der Waals surface area (Å²) in [5.74, 6) is -0.332. The van der Waals surface area contributed by atoms with Gasteiger partial charge in [0.1, 0.15) is 5.69 Å². The lowest BCUT2D eigenvalue weighted by atomic mass is 10.1. The van der Waals surface area contributed by atoms with Crippen LogP contribution < -0.4 is 10.0 Å². The van der Waals surface area contributed by atoms with Crippen LogP contribution in [-0.4, -0.2) is 55.5 Å². The second-order valence-electron chi connectivity index (χ2n) is 8.18. The summed E-state index contributed by atoms with van der Waals surface area (Å²) in [6, 6.07) is 15.3. The molecule has 4 rings (SSSR count). The molecule has 0 radical (unpaired) electrons. The smallest absolute Gasteiger partial charge is 0.251 e. The van der Waals surface area contributed by atoms with E-state index in [0.29, 0.717) is 42.9 Å². The molecule has 2 aromatic carbocycles. The van der Waals surface area contributed by atoms with E-state index in [1.54, 1.807) is 17.0 Å². The molecule has 0 spiro atoms. The number of nitrogens with zero attached hydrogens (tertiary/aromatic N) is 4. The fourth-order valence-corrected chi connectivity index (χ4v) is 5.36. The van der Waals surface area contributed by atoms with Crippen LogP contribution in [0.15, 0.2) is 66.2 Å². The third kappa shape index (κ3) is 6.85. The molecule has 0 bridgehead atoms. The highest BCUT2D eigenvalue weighted by molar-refractivity contribution is 7.92. The Morgan fingerprint density at radius 2 is 1.81 bits per heavy atom. The Labute approximate surface area is 211 Å². The Hall–Kier alpha value is -3.39. The van der Waals surface area contributed by atoms with Crippen LogP contribution in [0.4, 0.5) is 5.69 Å². The number of anilines is 1. The van der Waals surface area contributed by atoms with Crippen molar-refractivity contribution in [2.24, 2.45) is 0 Å². The number of nitrogens with one attached hydrogen (secondary N) is 2. The van der Waals surface area contributed by atoms with Crippen molar-refractivity contribution in [3.63, 3.8) is 0 Å². The summed E-state index contributed by atoms with van der Waals surface area (Å²) in [6.45, 7) is 0.923. The van der Waals surface area contributed by atoms with Gasteiger partial charge in [0.25, 0.3) is 5.91 Å². The number of sulfonamides is 1. The van der Waals surface area contributed by atoms with Gasteiger partial charge in [0.05, 0.1) is 18.8 Å². The molecule has 1 atom stereocenters. The first-order valence-electron chi connectivity index (χ1n) is 11.2. The lowest BCUT2D eigenvalue weighted by Gasteiger charge is -2.30. The van der Waals surface area contributed by atoms with E-state index in [1.807, 2.05) is 30.3 Å². The summed E-state index contributed by atoms with van der Waals surface area (Å²) in [5.41, 5.74) is 2.13. The van der Waals surface area contributed by atoms with Gasteiger partial charge in [-0.25, -0.2) is 13.1 Å². The summed E-state index contributed by atoms with van der Waals surface area (Å²) < 4.78 is 52.1. The van der Waals surface area contributed by atoms with Crippen LogP contribution in [0.2, 0.25) is 0 Å². The van der Waals surface area contributed by atoms with E-state index in [-0.39, 0.29) is 18.5 Å². The predicted octanol–water partition coefficient (Wildman–Crippen LogP) is 2.05. The van der Waals surface area contributed by atoms with Gasteiger partial charge in [-0.3, -0.25) is 9.00 Å². The Balaban J connectivity index is 1.27. The maximum atomic E-state index is 12.7. The number of hydrogen-bond acceptors (Lipinski definition) is 7. The number of rotatable bonds is 9. The number of piperidine rings is 1. The maximum absolute atomic E-state index is 12.7. The van der Waals surface area contributed by atoms with Gasteiger partial charge in [-0.05, 0) is 48.7 Å². The van der Waals surface area contributed by atoms with Crippen LogP contribution in [-0.2, 0) is 27.8 Å². The summed E-state index contributed by atoms with van der Waals surface area (Å²) >= 11 is -2.43. The molecule has 11 nitrogen and oxygen atoms in total. The second-order valence-corrected chi connectivity index (χ2v) is 10.7. The largest absolute Gasteiger partial charge is 0.755 e. The topological polar surface area (TPSA) is 149 Å². The minimum absolute atomic E-state index is 0.0121. The van der Waals surface area contributed by atoms with Crippen molar-refractivity contribution >= 4 is 39.0 Å². The quantitative estimate of drug-likeness (QED) is 0.403. The number of amides is 1. The van der Waals surface area contributed by atoms with E-state index in [0.717, 1.165) is 5.56 Å². The van der Waals surface area contributed by atoms with Crippen molar-refractivity contribution in [1.82, 2.24) is 24.6 Å². The minimum atomic E-state index is -3.51. The molecule has 1 aliphatic heterocycles. The first-order valence-corrected chi connectivity index (χ1v) is 13.8. The zero-order chi connectivity index (χ0) is 25.5. The average Bonchev–Trinajstić information content (AvgIpc) is 3.36. The maximum Gasteiger partial charge on any atom is 0.251 e. The Bertz CT molecular complexity index is 1330. The van der Waals surface area contributed by atoms with Crippen LogP contribution >= 0.6 is 0 Å². The third-order valence-corrected chi connectivity index (χ3v) is 7.69. The summed E-state index contributed by atoms with van der Waals surface area (Å²) in [7, 11) is -3.51. The van der Waals surface area contributed by atoms with Crippen molar-refractivity contribution < 1.29 is 22.0 Å². The van der Waals surface area contributed by atoms with E-state index >= 15 is 0 Å². The molecule has 36 heavy (non-hydrogen) atoms. The van der Waals surface area contributed by atoms with Gasteiger partial charge in [0.15, 0.2) is 0 Å². The van der Waals surface area contributed by atoms with Gasteiger partial charge in [0.2, 0.25) is 10.0 Å². The first-order chi connectivity index (χ1) is 17.3. The highest BCUT2D eigenvalue weighted by atomic mass is 32.2. The van der Waals surface area contributed by atoms with Gasteiger partial charge >= 0.3 is 0 Å². The van der Waals surface area contributed by atoms with Crippen LogP contribution in [0, 0.1) is 0 Å². The molecule has 1 fully saturated rings. The lowest BCUT2D eigenvalue weighted by Crippen LogP contribution is -2.38. The summed E-state index contributed by atoms with van der Waals surface area (Å²) in [6.07, 6.45) is 4.55. The number of aromatic nitrogens is 3. The monoisotopic (exact) mass is 529 g/mol. The van der Waals surface area contributed by atoms with Gasteiger partial charge in [-0.15, -0.1) is 5.10 Å². The van der Waals surface area contributed by atoms with E-state index in [2.05, 4.69) is 20.4 Å². The first kappa shape index (κ1) is 25.7. The highest BCUT2D eigenvalue weighted by Crippen LogP contribution is 2.24. The highest BCUT2D eigenvalue weighted by Gasteiger charge is 2.27. The minimum Gasteiger partial charge on any atom is -0.755 e. The van der Waals surface area contributed by atoms with Gasteiger partial charge < -0.3 is 14.6 Å². The van der Waals surface area contributed by atoms with Crippen molar-refractivity contribution in [2.75, 3.05) is 17.8 Å². The predicted molar refractivity (Wildman–Crippen MR) is 134 cm³/mol. The van der Waals surface area contributed by atoms with Crippen LogP contribution in [0.5, 0.6) is 0 Å². The Kier molecular flexibility index (Phi) is 8.25. The molecule has 2 heterocycles. The Morgan fingerprint density at radius 3 is 2.47 bits per heavy atom. The second kappa shape index (κ2) is 11.6. The standard InChI is InChI=1S/C23H26N6O5S2/c30-23(19-6-8-20(9-7-19)26-35(31)32)24-16-21-17-29(27-25-21)22-10-13-28(14-11-22)36(33,34)15-12-18-4-2-1-3-5-18/h1-9,12,15,17,22,26H,10-11,13-14,16H2,(H,24,30)(H,31,32)/p-1. The lowest BCUT2D eigenvalue weighted by molar-refractivity contribution is 0.0950. The number of carbonyl (C=O) groups is 1. The molecule has 0 aliphatic carbocycles. The summed E-state index contributed by atoms with van der Waals surface area (Å²) in [5, 5.41) is 12.3. The van der Waals surface area contributed by atoms with E-state index in [1.165, 1.54) is 34.0 Å². The molecule has 1 aliphatic rings. The van der Waals surface area contributed by atoms with Crippen LogP contribution in [0.3, 0.4) is 0 Å². The molecular formula is C23H25N6O5S2-. The zero-order valence-corrected chi connectivity index (χ0v) is 20.8. The molecule has 1 aromatic heterocycles. The molecule has 0 saturated carbocycles. The van der Waals surface area contributed by atoms with Crippen molar-refractivity contribution in [3.05, 3.63) is 83.0 Å².